The van der Waals surface area contributed by atoms with Crippen LogP contribution >= 0.6 is 11.8 Å². The van der Waals surface area contributed by atoms with E-state index in [1.165, 1.54) is 12.1 Å². The van der Waals surface area contributed by atoms with Crippen molar-refractivity contribution in [3.8, 4) is 11.4 Å². The lowest BCUT2D eigenvalue weighted by Gasteiger charge is -2.11. The lowest BCUT2D eigenvalue weighted by Crippen LogP contribution is -2.16. The van der Waals surface area contributed by atoms with Crippen LogP contribution in [0.2, 0.25) is 0 Å². The molecule has 0 fully saturated rings. The normalized spacial score (nSPS) is 10.8. The first-order chi connectivity index (χ1) is 16.4. The first-order valence-electron chi connectivity index (χ1n) is 10.0. The van der Waals surface area contributed by atoms with E-state index in [0.717, 1.165) is 35.5 Å². The van der Waals surface area contributed by atoms with Gasteiger partial charge in [-0.05, 0) is 42.0 Å². The fraction of sp³-hybridized carbons (Fsp3) is 0.0870. The van der Waals surface area contributed by atoms with E-state index in [-0.39, 0.29) is 17.3 Å². The number of rotatable bonds is 8. The van der Waals surface area contributed by atoms with Crippen molar-refractivity contribution in [3.05, 3.63) is 100 Å². The molecule has 0 spiro atoms. The van der Waals surface area contributed by atoms with E-state index in [2.05, 4.69) is 15.5 Å². The Balaban J connectivity index is 1.55. The summed E-state index contributed by atoms with van der Waals surface area (Å²) in [5.41, 5.74) is 0.987. The number of benzene rings is 3. The van der Waals surface area contributed by atoms with Crippen molar-refractivity contribution in [2.45, 2.75) is 11.7 Å². The molecule has 0 aliphatic heterocycles. The molecular formula is C23H17F2N5O3S. The van der Waals surface area contributed by atoms with Gasteiger partial charge in [0.25, 0.3) is 5.69 Å². The first-order valence-corrected chi connectivity index (χ1v) is 11.0. The molecule has 0 aliphatic rings. The molecule has 0 saturated carbocycles. The van der Waals surface area contributed by atoms with Crippen molar-refractivity contribution in [2.24, 2.45) is 0 Å². The van der Waals surface area contributed by atoms with Gasteiger partial charge in [-0.1, -0.05) is 42.1 Å². The minimum Gasteiger partial charge on any atom is -0.320 e. The Hall–Kier alpha value is -4.12. The lowest BCUT2D eigenvalue weighted by molar-refractivity contribution is -0.384. The molecule has 8 nitrogen and oxygen atoms in total. The second-order valence-corrected chi connectivity index (χ2v) is 8.08. The van der Waals surface area contributed by atoms with Gasteiger partial charge >= 0.3 is 0 Å². The zero-order valence-electron chi connectivity index (χ0n) is 17.5. The molecular weight excluding hydrogens is 464 g/mol. The summed E-state index contributed by atoms with van der Waals surface area (Å²) in [7, 11) is 0. The lowest BCUT2D eigenvalue weighted by atomic mass is 10.2. The van der Waals surface area contributed by atoms with Crippen LogP contribution in [0.3, 0.4) is 0 Å². The standard InChI is InChI=1S/C23H17F2N5O3S/c24-17-8-6-16(7-9-17)22-27-28-23(29(22)13-15-4-2-1-3-5-15)34-14-21(31)26-19-11-10-18(25)12-20(19)30(32)33/h1-12H,13-14H2,(H,26,31). The van der Waals surface area contributed by atoms with Crippen LogP contribution < -0.4 is 5.32 Å². The predicted octanol–water partition coefficient (Wildman–Crippen LogP) is 4.91. The molecule has 11 heteroatoms. The molecule has 0 atom stereocenters. The molecule has 172 valence electrons. The third kappa shape index (κ3) is 5.44. The topological polar surface area (TPSA) is 103 Å². The highest BCUT2D eigenvalue weighted by Crippen LogP contribution is 2.27. The summed E-state index contributed by atoms with van der Waals surface area (Å²) in [5, 5.41) is 22.4. The Labute approximate surface area is 196 Å². The number of hydrogen-bond acceptors (Lipinski definition) is 6. The van der Waals surface area contributed by atoms with Gasteiger partial charge in [-0.2, -0.15) is 0 Å². The quantitative estimate of drug-likeness (QED) is 0.218. The van der Waals surface area contributed by atoms with E-state index < -0.39 is 22.3 Å². The van der Waals surface area contributed by atoms with Crippen molar-refractivity contribution in [3.63, 3.8) is 0 Å². The second-order valence-electron chi connectivity index (χ2n) is 7.14. The first kappa shape index (κ1) is 23.1. The molecule has 4 aromatic rings. The monoisotopic (exact) mass is 481 g/mol. The zero-order valence-corrected chi connectivity index (χ0v) is 18.3. The molecule has 0 bridgehead atoms. The summed E-state index contributed by atoms with van der Waals surface area (Å²) in [6.45, 7) is 0.411. The number of thioether (sulfide) groups is 1. The smallest absolute Gasteiger partial charge is 0.295 e. The van der Waals surface area contributed by atoms with Gasteiger partial charge < -0.3 is 5.32 Å². The van der Waals surface area contributed by atoms with Crippen molar-refractivity contribution < 1.29 is 18.5 Å². The van der Waals surface area contributed by atoms with Crippen LogP contribution in [-0.2, 0) is 11.3 Å². The summed E-state index contributed by atoms with van der Waals surface area (Å²) < 4.78 is 28.5. The van der Waals surface area contributed by atoms with Crippen molar-refractivity contribution in [1.29, 1.82) is 0 Å². The van der Waals surface area contributed by atoms with Gasteiger partial charge in [0.2, 0.25) is 5.91 Å². The number of nitrogens with one attached hydrogen (secondary N) is 1. The molecule has 3 aromatic carbocycles. The van der Waals surface area contributed by atoms with E-state index in [4.69, 9.17) is 0 Å². The third-order valence-corrected chi connectivity index (χ3v) is 5.73. The Morgan fingerprint density at radius 2 is 1.71 bits per heavy atom. The van der Waals surface area contributed by atoms with Crippen LogP contribution in [0.1, 0.15) is 5.56 Å². The molecule has 1 heterocycles. The number of nitro benzene ring substituents is 1. The molecule has 34 heavy (non-hydrogen) atoms. The van der Waals surface area contributed by atoms with Crippen LogP contribution in [0.4, 0.5) is 20.2 Å². The minimum absolute atomic E-state index is 0.102. The number of amides is 1. The number of hydrogen-bond donors (Lipinski definition) is 1. The number of nitro groups is 1. The van der Waals surface area contributed by atoms with Gasteiger partial charge in [0.05, 0.1) is 23.3 Å². The number of nitrogens with zero attached hydrogens (tertiary/aromatic N) is 4. The molecule has 0 saturated heterocycles. The summed E-state index contributed by atoms with van der Waals surface area (Å²) in [4.78, 5) is 22.9. The number of carbonyl (C=O) groups excluding carboxylic acids is 1. The maximum absolute atomic E-state index is 13.4. The van der Waals surface area contributed by atoms with Gasteiger partial charge in [-0.15, -0.1) is 10.2 Å². The average molecular weight is 481 g/mol. The molecule has 4 rings (SSSR count). The van der Waals surface area contributed by atoms with Gasteiger partial charge in [0.15, 0.2) is 11.0 Å². The SMILES string of the molecule is O=C(CSc1nnc(-c2ccc(F)cc2)n1Cc1ccccc1)Nc1ccc(F)cc1[N+](=O)[O-]. The van der Waals surface area contributed by atoms with Crippen LogP contribution in [0, 0.1) is 21.7 Å². The summed E-state index contributed by atoms with van der Waals surface area (Å²) in [6, 6.07) is 18.3. The van der Waals surface area contributed by atoms with Gasteiger partial charge in [-0.25, -0.2) is 8.78 Å². The van der Waals surface area contributed by atoms with Gasteiger partial charge in [0, 0.05) is 5.56 Å². The summed E-state index contributed by atoms with van der Waals surface area (Å²) >= 11 is 1.09. The zero-order chi connectivity index (χ0) is 24.1. The van der Waals surface area contributed by atoms with E-state index in [1.54, 1.807) is 16.7 Å². The largest absolute Gasteiger partial charge is 0.320 e. The van der Waals surface area contributed by atoms with E-state index in [1.807, 2.05) is 30.3 Å². The van der Waals surface area contributed by atoms with Crippen molar-refractivity contribution in [2.75, 3.05) is 11.1 Å². The van der Waals surface area contributed by atoms with Crippen molar-refractivity contribution in [1.82, 2.24) is 14.8 Å². The van der Waals surface area contributed by atoms with Crippen LogP contribution in [0.5, 0.6) is 0 Å². The molecule has 0 unspecified atom stereocenters. The number of halogens is 2. The van der Waals surface area contributed by atoms with E-state index in [0.29, 0.717) is 23.1 Å². The Bertz CT molecular complexity index is 1330. The highest BCUT2D eigenvalue weighted by atomic mass is 32.2. The molecule has 1 aromatic heterocycles. The molecule has 0 aliphatic carbocycles. The molecule has 1 N–H and O–H groups in total. The van der Waals surface area contributed by atoms with Crippen LogP contribution in [0.25, 0.3) is 11.4 Å². The van der Waals surface area contributed by atoms with E-state index in [9.17, 15) is 23.7 Å². The minimum atomic E-state index is -0.776. The van der Waals surface area contributed by atoms with Gasteiger partial charge in [-0.3, -0.25) is 19.5 Å². The maximum atomic E-state index is 13.4. The van der Waals surface area contributed by atoms with Gasteiger partial charge in [0.1, 0.15) is 17.3 Å². The van der Waals surface area contributed by atoms with Crippen molar-refractivity contribution >= 4 is 29.0 Å². The number of anilines is 1. The number of carbonyl (C=O) groups is 1. The fourth-order valence-corrected chi connectivity index (χ4v) is 3.93. The number of aromatic nitrogens is 3. The Morgan fingerprint density at radius 3 is 2.41 bits per heavy atom. The summed E-state index contributed by atoms with van der Waals surface area (Å²) in [5.74, 6) is -1.30. The van der Waals surface area contributed by atoms with E-state index >= 15 is 0 Å². The fourth-order valence-electron chi connectivity index (χ4n) is 3.19. The highest BCUT2D eigenvalue weighted by molar-refractivity contribution is 7.99. The molecule has 1 amide bonds. The average Bonchev–Trinajstić information content (AvgIpc) is 3.22. The Kier molecular flexibility index (Phi) is 6.93. The summed E-state index contributed by atoms with van der Waals surface area (Å²) in [6.07, 6.45) is 0. The molecule has 0 radical (unpaired) electrons. The van der Waals surface area contributed by atoms with Crippen LogP contribution in [-0.4, -0.2) is 31.3 Å². The third-order valence-electron chi connectivity index (χ3n) is 4.77. The predicted molar refractivity (Wildman–Crippen MR) is 123 cm³/mol. The Morgan fingerprint density at radius 1 is 1.00 bits per heavy atom. The van der Waals surface area contributed by atoms with Crippen LogP contribution in [0.15, 0.2) is 78.0 Å². The highest BCUT2D eigenvalue weighted by Gasteiger charge is 2.19. The second kappa shape index (κ2) is 10.2. The maximum Gasteiger partial charge on any atom is 0.295 e.